The lowest BCUT2D eigenvalue weighted by Gasteiger charge is -2.23. The van der Waals surface area contributed by atoms with Gasteiger partial charge in [-0.05, 0) is 30.5 Å². The summed E-state index contributed by atoms with van der Waals surface area (Å²) < 4.78 is 17.9. The van der Waals surface area contributed by atoms with E-state index in [1.165, 1.54) is 12.1 Å². The van der Waals surface area contributed by atoms with E-state index < -0.39 is 0 Å². The van der Waals surface area contributed by atoms with Crippen LogP contribution in [0.15, 0.2) is 24.3 Å². The van der Waals surface area contributed by atoms with E-state index in [2.05, 4.69) is 0 Å². The molecule has 80 valence electrons. The monoisotopic (exact) mass is 208 g/mol. The van der Waals surface area contributed by atoms with Crippen LogP contribution in [-0.4, -0.2) is 5.97 Å². The summed E-state index contributed by atoms with van der Waals surface area (Å²) >= 11 is 0. The van der Waals surface area contributed by atoms with Crippen LogP contribution in [0.1, 0.15) is 24.8 Å². The third kappa shape index (κ3) is 2.55. The molecular weight excluding hydrogens is 195 g/mol. The van der Waals surface area contributed by atoms with Crippen molar-refractivity contribution in [3.05, 3.63) is 35.6 Å². The molecule has 0 atom stereocenters. The molecule has 15 heavy (non-hydrogen) atoms. The highest BCUT2D eigenvalue weighted by Gasteiger charge is 2.26. The minimum atomic E-state index is -0.299. The van der Waals surface area contributed by atoms with Gasteiger partial charge in [0.05, 0.1) is 5.92 Å². The Bertz CT molecular complexity index is 358. The van der Waals surface area contributed by atoms with Gasteiger partial charge in [-0.3, -0.25) is 4.79 Å². The van der Waals surface area contributed by atoms with Gasteiger partial charge in [0.25, 0.3) is 0 Å². The average molecular weight is 208 g/mol. The molecule has 1 aromatic carbocycles. The lowest BCUT2D eigenvalue weighted by Crippen LogP contribution is -2.23. The van der Waals surface area contributed by atoms with Crippen molar-refractivity contribution >= 4 is 5.97 Å². The van der Waals surface area contributed by atoms with Crippen molar-refractivity contribution in [2.75, 3.05) is 0 Å². The van der Waals surface area contributed by atoms with Crippen LogP contribution in [-0.2, 0) is 16.1 Å². The van der Waals surface area contributed by atoms with Crippen LogP contribution >= 0.6 is 0 Å². The normalized spacial score (nSPS) is 15.8. The Morgan fingerprint density at radius 1 is 1.47 bits per heavy atom. The zero-order valence-electron chi connectivity index (χ0n) is 8.41. The lowest BCUT2D eigenvalue weighted by molar-refractivity contribution is -0.152. The van der Waals surface area contributed by atoms with Gasteiger partial charge in [-0.2, -0.15) is 0 Å². The van der Waals surface area contributed by atoms with Gasteiger partial charge in [-0.25, -0.2) is 4.39 Å². The molecule has 1 aliphatic carbocycles. The molecule has 0 radical (unpaired) electrons. The van der Waals surface area contributed by atoms with Crippen LogP contribution in [0.2, 0.25) is 0 Å². The fourth-order valence-corrected chi connectivity index (χ4v) is 1.54. The lowest BCUT2D eigenvalue weighted by atomic mass is 9.86. The van der Waals surface area contributed by atoms with Crippen LogP contribution in [0.5, 0.6) is 0 Å². The molecule has 0 saturated heterocycles. The molecule has 1 aromatic rings. The highest BCUT2D eigenvalue weighted by Crippen LogP contribution is 2.27. The number of rotatable bonds is 3. The molecule has 0 aliphatic heterocycles. The number of esters is 1. The molecule has 1 saturated carbocycles. The van der Waals surface area contributed by atoms with Crippen molar-refractivity contribution in [1.82, 2.24) is 0 Å². The summed E-state index contributed by atoms with van der Waals surface area (Å²) in [5.74, 6) is -0.365. The van der Waals surface area contributed by atoms with Gasteiger partial charge in [0.1, 0.15) is 12.4 Å². The van der Waals surface area contributed by atoms with Gasteiger partial charge in [0.2, 0.25) is 0 Å². The Morgan fingerprint density at radius 3 is 2.87 bits per heavy atom. The minimum absolute atomic E-state index is 0.0820. The minimum Gasteiger partial charge on any atom is -0.461 e. The first-order chi connectivity index (χ1) is 7.25. The molecule has 1 aliphatic rings. The van der Waals surface area contributed by atoms with Gasteiger partial charge >= 0.3 is 5.97 Å². The van der Waals surface area contributed by atoms with E-state index in [0.29, 0.717) is 5.56 Å². The number of halogens is 1. The van der Waals surface area contributed by atoms with Crippen LogP contribution < -0.4 is 0 Å². The first-order valence-electron chi connectivity index (χ1n) is 5.17. The summed E-state index contributed by atoms with van der Waals surface area (Å²) in [7, 11) is 0. The van der Waals surface area contributed by atoms with E-state index in [-0.39, 0.29) is 24.3 Å². The molecule has 2 rings (SSSR count). The summed E-state index contributed by atoms with van der Waals surface area (Å²) in [5.41, 5.74) is 0.697. The highest BCUT2D eigenvalue weighted by molar-refractivity contribution is 5.73. The SMILES string of the molecule is O=C(OCc1cccc(F)c1)C1CCC1. The second kappa shape index (κ2) is 4.43. The maximum Gasteiger partial charge on any atom is 0.309 e. The molecule has 1 fully saturated rings. The summed E-state index contributed by atoms with van der Waals surface area (Å²) in [6.07, 6.45) is 2.98. The van der Waals surface area contributed by atoms with Crippen molar-refractivity contribution in [2.45, 2.75) is 25.9 Å². The Hall–Kier alpha value is -1.38. The smallest absolute Gasteiger partial charge is 0.309 e. The average Bonchev–Trinajstić information content (AvgIpc) is 2.12. The summed E-state index contributed by atoms with van der Waals surface area (Å²) in [5, 5.41) is 0. The molecule has 2 nitrogen and oxygen atoms in total. The zero-order valence-corrected chi connectivity index (χ0v) is 8.41. The second-order valence-corrected chi connectivity index (χ2v) is 3.87. The van der Waals surface area contributed by atoms with Gasteiger partial charge < -0.3 is 4.74 Å². The summed E-state index contributed by atoms with van der Waals surface area (Å²) in [6.45, 7) is 0.174. The van der Waals surface area contributed by atoms with E-state index in [9.17, 15) is 9.18 Å². The number of carbonyl (C=O) groups is 1. The molecule has 0 aromatic heterocycles. The van der Waals surface area contributed by atoms with E-state index in [1.807, 2.05) is 0 Å². The number of hydrogen-bond donors (Lipinski definition) is 0. The van der Waals surface area contributed by atoms with E-state index in [4.69, 9.17) is 4.74 Å². The highest BCUT2D eigenvalue weighted by atomic mass is 19.1. The third-order valence-corrected chi connectivity index (χ3v) is 2.71. The van der Waals surface area contributed by atoms with Gasteiger partial charge in [-0.15, -0.1) is 0 Å². The van der Waals surface area contributed by atoms with Gasteiger partial charge in [0.15, 0.2) is 0 Å². The van der Waals surface area contributed by atoms with Gasteiger partial charge in [0, 0.05) is 0 Å². The zero-order chi connectivity index (χ0) is 10.7. The van der Waals surface area contributed by atoms with Crippen LogP contribution in [0.4, 0.5) is 4.39 Å². The molecule has 0 unspecified atom stereocenters. The predicted octanol–water partition coefficient (Wildman–Crippen LogP) is 2.67. The summed E-state index contributed by atoms with van der Waals surface area (Å²) in [6, 6.07) is 6.12. The fourth-order valence-electron chi connectivity index (χ4n) is 1.54. The van der Waals surface area contributed by atoms with Crippen molar-refractivity contribution in [3.63, 3.8) is 0 Å². The number of hydrogen-bond acceptors (Lipinski definition) is 2. The molecule has 3 heteroatoms. The number of benzene rings is 1. The third-order valence-electron chi connectivity index (χ3n) is 2.71. The quantitative estimate of drug-likeness (QED) is 0.714. The van der Waals surface area contributed by atoms with Crippen LogP contribution in [0, 0.1) is 11.7 Å². The van der Waals surface area contributed by atoms with E-state index in [0.717, 1.165) is 19.3 Å². The van der Waals surface area contributed by atoms with Crippen molar-refractivity contribution in [3.8, 4) is 0 Å². The van der Waals surface area contributed by atoms with Gasteiger partial charge in [-0.1, -0.05) is 18.6 Å². The molecule has 0 bridgehead atoms. The largest absolute Gasteiger partial charge is 0.461 e. The molecular formula is C12H13FO2. The van der Waals surface area contributed by atoms with E-state index in [1.54, 1.807) is 12.1 Å². The first-order valence-corrected chi connectivity index (χ1v) is 5.17. The Balaban J connectivity index is 1.84. The van der Waals surface area contributed by atoms with Crippen molar-refractivity contribution in [1.29, 1.82) is 0 Å². The summed E-state index contributed by atoms with van der Waals surface area (Å²) in [4.78, 5) is 11.4. The second-order valence-electron chi connectivity index (χ2n) is 3.87. The van der Waals surface area contributed by atoms with Crippen molar-refractivity contribution < 1.29 is 13.9 Å². The van der Waals surface area contributed by atoms with Crippen LogP contribution in [0.3, 0.4) is 0 Å². The predicted molar refractivity (Wildman–Crippen MR) is 53.5 cm³/mol. The Kier molecular flexibility index (Phi) is 2.99. The number of carbonyl (C=O) groups excluding carboxylic acids is 1. The Morgan fingerprint density at radius 2 is 2.27 bits per heavy atom. The topological polar surface area (TPSA) is 26.3 Å². The Labute approximate surface area is 88.1 Å². The maximum absolute atomic E-state index is 12.8. The first kappa shape index (κ1) is 10.1. The molecule has 0 spiro atoms. The maximum atomic E-state index is 12.8. The number of ether oxygens (including phenoxy) is 1. The van der Waals surface area contributed by atoms with Crippen LogP contribution in [0.25, 0.3) is 0 Å². The fraction of sp³-hybridized carbons (Fsp3) is 0.417. The molecule has 0 amide bonds. The standard InChI is InChI=1S/C12H13FO2/c13-11-6-1-3-9(7-11)8-15-12(14)10-4-2-5-10/h1,3,6-7,10H,2,4-5,8H2. The molecule has 0 heterocycles. The van der Waals surface area contributed by atoms with Crippen molar-refractivity contribution in [2.24, 2.45) is 5.92 Å². The van der Waals surface area contributed by atoms with E-state index >= 15 is 0 Å². The molecule has 0 N–H and O–H groups in total.